The van der Waals surface area contributed by atoms with Crippen LogP contribution in [-0.4, -0.2) is 20.1 Å². The van der Waals surface area contributed by atoms with Crippen molar-refractivity contribution in [3.8, 4) is 0 Å². The van der Waals surface area contributed by atoms with E-state index < -0.39 is 0 Å². The highest BCUT2D eigenvalue weighted by atomic mass is 15.3. The third-order valence-corrected chi connectivity index (χ3v) is 5.96. The molecule has 0 fully saturated rings. The summed E-state index contributed by atoms with van der Waals surface area (Å²) >= 11 is 0. The Kier molecular flexibility index (Phi) is 4.68. The number of guanidine groups is 1. The molecule has 1 unspecified atom stereocenters. The van der Waals surface area contributed by atoms with Gasteiger partial charge in [-0.25, -0.2) is 0 Å². The second-order valence-corrected chi connectivity index (χ2v) is 7.62. The Morgan fingerprint density at radius 3 is 2.39 bits per heavy atom. The van der Waals surface area contributed by atoms with E-state index in [4.69, 9.17) is 5.41 Å². The normalized spacial score (nSPS) is 13.0. The fraction of sp³-hybridized carbons (Fsp3) is 0.240. The lowest BCUT2D eigenvalue weighted by Crippen LogP contribution is -2.39. The number of nitrogens with one attached hydrogen (secondary N) is 1. The monoisotopic (exact) mass is 369 g/mol. The molecular weight excluding hydrogens is 342 g/mol. The van der Waals surface area contributed by atoms with Crippen molar-refractivity contribution < 1.29 is 0 Å². The molecule has 0 bridgehead atoms. The highest BCUT2D eigenvalue weighted by Crippen LogP contribution is 2.37. The van der Waals surface area contributed by atoms with Crippen LogP contribution in [0.1, 0.15) is 42.9 Å². The molecule has 1 aliphatic carbocycles. The molecule has 0 spiro atoms. The minimum absolute atomic E-state index is 0.452. The maximum atomic E-state index is 8.83. The van der Waals surface area contributed by atoms with Crippen LogP contribution in [0.4, 0.5) is 11.4 Å². The van der Waals surface area contributed by atoms with Gasteiger partial charge >= 0.3 is 0 Å². The van der Waals surface area contributed by atoms with E-state index in [1.165, 1.54) is 27.5 Å². The second-order valence-electron chi connectivity index (χ2n) is 7.62. The van der Waals surface area contributed by atoms with Gasteiger partial charge in [-0.3, -0.25) is 5.41 Å². The molecule has 4 rings (SSSR count). The summed E-state index contributed by atoms with van der Waals surface area (Å²) in [5.74, 6) is 0.970. The fourth-order valence-electron chi connectivity index (χ4n) is 3.93. The van der Waals surface area contributed by atoms with Gasteiger partial charge in [0.25, 0.3) is 0 Å². The topological polar surface area (TPSA) is 30.3 Å². The molecule has 0 radical (unpaired) electrons. The maximum Gasteiger partial charge on any atom is 0.202 e. The average molecular weight is 370 g/mol. The number of anilines is 2. The predicted molar refractivity (Wildman–Crippen MR) is 123 cm³/mol. The third kappa shape index (κ3) is 2.97. The lowest BCUT2D eigenvalue weighted by molar-refractivity contribution is 0.733. The summed E-state index contributed by atoms with van der Waals surface area (Å²) in [4.78, 5) is 3.92. The van der Waals surface area contributed by atoms with Gasteiger partial charge in [-0.05, 0) is 52.6 Å². The Morgan fingerprint density at radius 1 is 0.929 bits per heavy atom. The molecule has 0 aromatic heterocycles. The molecule has 28 heavy (non-hydrogen) atoms. The van der Waals surface area contributed by atoms with Crippen molar-refractivity contribution in [2.75, 3.05) is 23.9 Å². The van der Waals surface area contributed by atoms with Crippen LogP contribution in [0.2, 0.25) is 0 Å². The minimum Gasteiger partial charge on any atom is -0.316 e. The Balaban J connectivity index is 1.67. The van der Waals surface area contributed by atoms with Crippen molar-refractivity contribution in [1.29, 1.82) is 5.41 Å². The van der Waals surface area contributed by atoms with Crippen molar-refractivity contribution in [2.45, 2.75) is 26.2 Å². The quantitative estimate of drug-likeness (QED) is 0.336. The summed E-state index contributed by atoms with van der Waals surface area (Å²) in [6.07, 6.45) is 5.44. The molecule has 0 saturated heterocycles. The van der Waals surface area contributed by atoms with Gasteiger partial charge in [-0.15, -0.1) is 0 Å². The van der Waals surface area contributed by atoms with Gasteiger partial charge in [0.15, 0.2) is 0 Å². The molecule has 1 aliphatic rings. The van der Waals surface area contributed by atoms with Crippen LogP contribution in [0.5, 0.6) is 0 Å². The van der Waals surface area contributed by atoms with E-state index in [1.54, 1.807) is 0 Å². The van der Waals surface area contributed by atoms with E-state index in [-0.39, 0.29) is 0 Å². The van der Waals surface area contributed by atoms with Crippen molar-refractivity contribution in [1.82, 2.24) is 0 Å². The summed E-state index contributed by atoms with van der Waals surface area (Å²) in [5.41, 5.74) is 5.92. The maximum absolute atomic E-state index is 8.83. The molecule has 0 heterocycles. The van der Waals surface area contributed by atoms with Crippen LogP contribution in [-0.2, 0) is 0 Å². The van der Waals surface area contributed by atoms with E-state index in [0.717, 1.165) is 17.8 Å². The zero-order valence-corrected chi connectivity index (χ0v) is 17.0. The Morgan fingerprint density at radius 2 is 1.64 bits per heavy atom. The molecule has 0 aliphatic heterocycles. The van der Waals surface area contributed by atoms with Crippen LogP contribution in [0, 0.1) is 5.41 Å². The van der Waals surface area contributed by atoms with Gasteiger partial charge < -0.3 is 9.80 Å². The first-order chi connectivity index (χ1) is 13.5. The van der Waals surface area contributed by atoms with Gasteiger partial charge in [0.05, 0.1) is 5.69 Å². The second kappa shape index (κ2) is 7.16. The first-order valence-electron chi connectivity index (χ1n) is 9.91. The van der Waals surface area contributed by atoms with Gasteiger partial charge in [-0.1, -0.05) is 62.4 Å². The fourth-order valence-corrected chi connectivity index (χ4v) is 3.93. The number of nitrogens with zero attached hydrogens (tertiary/aromatic N) is 2. The molecular formula is C25H27N3. The Hall–Kier alpha value is -3.07. The molecule has 3 aromatic rings. The van der Waals surface area contributed by atoms with Crippen molar-refractivity contribution >= 4 is 40.3 Å². The summed E-state index contributed by atoms with van der Waals surface area (Å²) in [5, 5.41) is 11.3. The molecule has 3 aromatic carbocycles. The third-order valence-electron chi connectivity index (χ3n) is 5.96. The van der Waals surface area contributed by atoms with E-state index in [0.29, 0.717) is 11.9 Å². The first-order valence-corrected chi connectivity index (χ1v) is 9.91. The molecule has 0 amide bonds. The van der Waals surface area contributed by atoms with Crippen LogP contribution in [0.15, 0.2) is 54.6 Å². The SMILES string of the molecule is CCC(C)c1cccc(N(C)C(=N)N(C)c2ccc3c4c(cccc24)C=C3)c1. The summed E-state index contributed by atoms with van der Waals surface area (Å²) in [6, 6.07) is 19.2. The highest BCUT2D eigenvalue weighted by Gasteiger charge is 2.19. The molecule has 142 valence electrons. The Labute approximate surface area is 167 Å². The first kappa shape index (κ1) is 18.3. The molecule has 3 heteroatoms. The zero-order chi connectivity index (χ0) is 19.8. The summed E-state index contributed by atoms with van der Waals surface area (Å²) < 4.78 is 0. The molecule has 1 atom stereocenters. The van der Waals surface area contributed by atoms with Gasteiger partial charge in [0.2, 0.25) is 5.96 Å². The standard InChI is InChI=1S/C25H27N3/c1-5-17(2)20-9-6-10-21(16-20)27(3)25(26)28(4)23-15-14-19-13-12-18-8-7-11-22(23)24(18)19/h6-17,26H,5H2,1-4H3. The largest absolute Gasteiger partial charge is 0.316 e. The lowest BCUT2D eigenvalue weighted by atomic mass is 9.98. The lowest BCUT2D eigenvalue weighted by Gasteiger charge is -2.29. The molecule has 0 saturated carbocycles. The number of hydrogen-bond acceptors (Lipinski definition) is 1. The minimum atomic E-state index is 0.452. The predicted octanol–water partition coefficient (Wildman–Crippen LogP) is 6.34. The van der Waals surface area contributed by atoms with Crippen LogP contribution >= 0.6 is 0 Å². The smallest absolute Gasteiger partial charge is 0.202 e. The van der Waals surface area contributed by atoms with Crippen molar-refractivity contribution in [3.63, 3.8) is 0 Å². The van der Waals surface area contributed by atoms with Gasteiger partial charge in [0.1, 0.15) is 0 Å². The number of rotatable bonds is 4. The number of hydrogen-bond donors (Lipinski definition) is 1. The zero-order valence-electron chi connectivity index (χ0n) is 17.0. The highest BCUT2D eigenvalue weighted by molar-refractivity contribution is 6.14. The van der Waals surface area contributed by atoms with Crippen LogP contribution in [0.3, 0.4) is 0 Å². The van der Waals surface area contributed by atoms with Crippen LogP contribution < -0.4 is 9.80 Å². The summed E-state index contributed by atoms with van der Waals surface area (Å²) in [6.45, 7) is 4.46. The number of benzene rings is 3. The molecule has 3 nitrogen and oxygen atoms in total. The van der Waals surface area contributed by atoms with Gasteiger partial charge in [0, 0.05) is 25.2 Å². The molecule has 1 N–H and O–H groups in total. The van der Waals surface area contributed by atoms with E-state index >= 15 is 0 Å². The average Bonchev–Trinajstić information content (AvgIpc) is 3.17. The Bertz CT molecular complexity index is 1070. The van der Waals surface area contributed by atoms with Crippen LogP contribution in [0.25, 0.3) is 22.9 Å². The van der Waals surface area contributed by atoms with E-state index in [2.05, 4.69) is 80.6 Å². The van der Waals surface area contributed by atoms with Crippen molar-refractivity contribution in [3.05, 3.63) is 71.3 Å². The van der Waals surface area contributed by atoms with Crippen molar-refractivity contribution in [2.24, 2.45) is 0 Å². The van der Waals surface area contributed by atoms with Gasteiger partial charge in [-0.2, -0.15) is 0 Å². The van der Waals surface area contributed by atoms with E-state index in [9.17, 15) is 0 Å². The summed E-state index contributed by atoms with van der Waals surface area (Å²) in [7, 11) is 3.94. The van der Waals surface area contributed by atoms with E-state index in [1.807, 2.05) is 23.9 Å².